The number of hydrogen-bond donors (Lipinski definition) is 1. The molecule has 70 valence electrons. The monoisotopic (exact) mass is 185 g/mol. The SMILES string of the molecule is C1=CC=C(Oc2ccccc2)NC=C1. The Morgan fingerprint density at radius 3 is 2.64 bits per heavy atom. The molecule has 0 radical (unpaired) electrons. The molecular weight excluding hydrogens is 174 g/mol. The number of rotatable bonds is 2. The smallest absolute Gasteiger partial charge is 0.197 e. The van der Waals surface area contributed by atoms with Gasteiger partial charge in [-0.05, 0) is 24.3 Å². The van der Waals surface area contributed by atoms with E-state index < -0.39 is 0 Å². The van der Waals surface area contributed by atoms with Crippen LogP contribution >= 0.6 is 0 Å². The fraction of sp³-hybridized carbons (Fsp3) is 0. The third-order valence-corrected chi connectivity index (χ3v) is 1.76. The van der Waals surface area contributed by atoms with Crippen molar-refractivity contribution in [3.8, 4) is 5.75 Å². The Hall–Kier alpha value is -1.96. The van der Waals surface area contributed by atoms with Gasteiger partial charge in [-0.1, -0.05) is 30.4 Å². The molecule has 0 unspecified atom stereocenters. The van der Waals surface area contributed by atoms with E-state index in [4.69, 9.17) is 4.74 Å². The highest BCUT2D eigenvalue weighted by Crippen LogP contribution is 2.11. The van der Waals surface area contributed by atoms with Gasteiger partial charge in [0.15, 0.2) is 5.88 Å². The Balaban J connectivity index is 2.08. The largest absolute Gasteiger partial charge is 0.441 e. The molecule has 14 heavy (non-hydrogen) atoms. The maximum atomic E-state index is 5.58. The van der Waals surface area contributed by atoms with Gasteiger partial charge < -0.3 is 10.1 Å². The molecule has 1 aliphatic heterocycles. The molecule has 0 spiro atoms. The van der Waals surface area contributed by atoms with E-state index in [1.165, 1.54) is 0 Å². The van der Waals surface area contributed by atoms with Gasteiger partial charge in [-0.3, -0.25) is 0 Å². The van der Waals surface area contributed by atoms with Crippen molar-refractivity contribution in [2.75, 3.05) is 0 Å². The van der Waals surface area contributed by atoms with Crippen LogP contribution in [0.4, 0.5) is 0 Å². The van der Waals surface area contributed by atoms with Crippen LogP contribution in [0.15, 0.2) is 66.7 Å². The van der Waals surface area contributed by atoms with Gasteiger partial charge in [-0.25, -0.2) is 0 Å². The standard InChI is InChI=1S/C12H11NO/c1-3-7-11(8-4-1)14-12-9-5-2-6-10-13-12/h1-10,13H. The molecule has 1 N–H and O–H groups in total. The average molecular weight is 185 g/mol. The van der Waals surface area contributed by atoms with Gasteiger partial charge >= 0.3 is 0 Å². The summed E-state index contributed by atoms with van der Waals surface area (Å²) in [6, 6.07) is 9.68. The molecule has 0 bridgehead atoms. The van der Waals surface area contributed by atoms with Crippen molar-refractivity contribution >= 4 is 0 Å². The van der Waals surface area contributed by atoms with Crippen LogP contribution in [0.2, 0.25) is 0 Å². The molecule has 0 saturated carbocycles. The van der Waals surface area contributed by atoms with Crippen molar-refractivity contribution in [2.45, 2.75) is 0 Å². The van der Waals surface area contributed by atoms with E-state index in [1.807, 2.05) is 60.8 Å². The number of para-hydroxylation sites is 1. The molecule has 1 aliphatic rings. The third kappa shape index (κ3) is 2.26. The van der Waals surface area contributed by atoms with E-state index in [-0.39, 0.29) is 0 Å². The summed E-state index contributed by atoms with van der Waals surface area (Å²) in [5.74, 6) is 1.55. The Kier molecular flexibility index (Phi) is 2.67. The molecule has 0 amide bonds. The van der Waals surface area contributed by atoms with Crippen LogP contribution in [-0.2, 0) is 0 Å². The predicted octanol–water partition coefficient (Wildman–Crippen LogP) is 2.58. The molecule has 1 aromatic rings. The van der Waals surface area contributed by atoms with Crippen molar-refractivity contribution in [3.63, 3.8) is 0 Å². The summed E-state index contributed by atoms with van der Waals surface area (Å²) in [5, 5.41) is 3.03. The maximum Gasteiger partial charge on any atom is 0.197 e. The van der Waals surface area contributed by atoms with E-state index >= 15 is 0 Å². The van der Waals surface area contributed by atoms with Crippen molar-refractivity contribution in [1.82, 2.24) is 5.32 Å². The highest BCUT2D eigenvalue weighted by molar-refractivity contribution is 5.26. The third-order valence-electron chi connectivity index (χ3n) is 1.76. The minimum atomic E-state index is 0.723. The van der Waals surface area contributed by atoms with Gasteiger partial charge in [0.25, 0.3) is 0 Å². The van der Waals surface area contributed by atoms with Crippen LogP contribution in [0.25, 0.3) is 0 Å². The van der Waals surface area contributed by atoms with E-state index in [9.17, 15) is 0 Å². The van der Waals surface area contributed by atoms with E-state index in [0.29, 0.717) is 0 Å². The van der Waals surface area contributed by atoms with Gasteiger partial charge in [-0.15, -0.1) is 0 Å². The van der Waals surface area contributed by atoms with Crippen molar-refractivity contribution in [1.29, 1.82) is 0 Å². The Bertz CT molecular complexity index is 377. The van der Waals surface area contributed by atoms with Crippen LogP contribution in [0.5, 0.6) is 5.75 Å². The van der Waals surface area contributed by atoms with Gasteiger partial charge in [0.2, 0.25) is 0 Å². The second kappa shape index (κ2) is 4.33. The Morgan fingerprint density at radius 2 is 1.79 bits per heavy atom. The summed E-state index contributed by atoms with van der Waals surface area (Å²) in [5.41, 5.74) is 0. The number of hydrogen-bond acceptors (Lipinski definition) is 2. The fourth-order valence-corrected chi connectivity index (χ4v) is 1.12. The topological polar surface area (TPSA) is 21.3 Å². The Labute approximate surface area is 83.2 Å². The van der Waals surface area contributed by atoms with E-state index in [0.717, 1.165) is 11.6 Å². The van der Waals surface area contributed by atoms with Crippen LogP contribution in [0, 0.1) is 0 Å². The van der Waals surface area contributed by atoms with Crippen molar-refractivity contribution in [3.05, 3.63) is 66.7 Å². The number of nitrogens with one attached hydrogen (secondary N) is 1. The Morgan fingerprint density at radius 1 is 0.929 bits per heavy atom. The molecule has 1 aromatic carbocycles. The van der Waals surface area contributed by atoms with Gasteiger partial charge in [-0.2, -0.15) is 0 Å². The van der Waals surface area contributed by atoms with Crippen LogP contribution in [0.1, 0.15) is 0 Å². The van der Waals surface area contributed by atoms with Crippen LogP contribution in [-0.4, -0.2) is 0 Å². The summed E-state index contributed by atoms with van der Waals surface area (Å²) < 4.78 is 5.58. The lowest BCUT2D eigenvalue weighted by Crippen LogP contribution is -2.10. The molecule has 0 atom stereocenters. The molecule has 2 heteroatoms. The quantitative estimate of drug-likeness (QED) is 0.764. The molecular formula is C12H11NO. The summed E-state index contributed by atoms with van der Waals surface area (Å²) in [6.45, 7) is 0. The lowest BCUT2D eigenvalue weighted by molar-refractivity contribution is 0.398. The minimum Gasteiger partial charge on any atom is -0.441 e. The van der Waals surface area contributed by atoms with Crippen molar-refractivity contribution in [2.24, 2.45) is 0 Å². The fourth-order valence-electron chi connectivity index (χ4n) is 1.12. The van der Waals surface area contributed by atoms with Gasteiger partial charge in [0.05, 0.1) is 0 Å². The van der Waals surface area contributed by atoms with Gasteiger partial charge in [0, 0.05) is 6.20 Å². The lowest BCUT2D eigenvalue weighted by atomic mass is 10.3. The molecule has 0 saturated heterocycles. The first-order valence-corrected chi connectivity index (χ1v) is 4.48. The van der Waals surface area contributed by atoms with E-state index in [1.54, 1.807) is 0 Å². The molecule has 0 aliphatic carbocycles. The highest BCUT2D eigenvalue weighted by atomic mass is 16.5. The predicted molar refractivity (Wildman–Crippen MR) is 56.6 cm³/mol. The normalized spacial score (nSPS) is 14.1. The highest BCUT2D eigenvalue weighted by Gasteiger charge is 1.97. The zero-order valence-corrected chi connectivity index (χ0v) is 7.68. The summed E-state index contributed by atoms with van der Waals surface area (Å²) >= 11 is 0. The number of benzene rings is 1. The second-order valence-corrected chi connectivity index (χ2v) is 2.83. The first-order valence-electron chi connectivity index (χ1n) is 4.48. The van der Waals surface area contributed by atoms with Crippen LogP contribution in [0.3, 0.4) is 0 Å². The first-order chi connectivity index (χ1) is 6.95. The average Bonchev–Trinajstić information content (AvgIpc) is 2.48. The molecule has 1 heterocycles. The number of allylic oxidation sites excluding steroid dienone is 4. The van der Waals surface area contributed by atoms with Gasteiger partial charge in [0.1, 0.15) is 5.75 Å². The number of ether oxygens (including phenoxy) is 1. The zero-order chi connectivity index (χ0) is 9.64. The molecule has 0 fully saturated rings. The summed E-state index contributed by atoms with van der Waals surface area (Å²) in [7, 11) is 0. The molecule has 2 rings (SSSR count). The zero-order valence-electron chi connectivity index (χ0n) is 7.68. The van der Waals surface area contributed by atoms with Crippen molar-refractivity contribution < 1.29 is 4.74 Å². The molecule has 0 aromatic heterocycles. The van der Waals surface area contributed by atoms with E-state index in [2.05, 4.69) is 5.32 Å². The van der Waals surface area contributed by atoms with Crippen LogP contribution < -0.4 is 10.1 Å². The summed E-state index contributed by atoms with van der Waals surface area (Å²) in [4.78, 5) is 0. The lowest BCUT2D eigenvalue weighted by Gasteiger charge is -2.07. The first kappa shape index (κ1) is 8.63. The second-order valence-electron chi connectivity index (χ2n) is 2.83. The summed E-state index contributed by atoms with van der Waals surface area (Å²) in [6.07, 6.45) is 9.49. The molecule has 2 nitrogen and oxygen atoms in total. The minimum absolute atomic E-state index is 0.723. The maximum absolute atomic E-state index is 5.58.